The molecular weight excluding hydrogens is 300 g/mol. The van der Waals surface area contributed by atoms with Gasteiger partial charge >= 0.3 is 0 Å². The van der Waals surface area contributed by atoms with Crippen LogP contribution in [0, 0.1) is 0 Å². The van der Waals surface area contributed by atoms with E-state index in [1.807, 2.05) is 0 Å². The SMILES string of the molecule is COc1cc(Br)cc(NC(=O)c2[nH]ncc2N)c1. The quantitative estimate of drug-likeness (QED) is 0.808. The van der Waals surface area contributed by atoms with Crippen molar-refractivity contribution in [2.24, 2.45) is 0 Å². The predicted octanol–water partition coefficient (Wildman–Crippen LogP) is 2.02. The maximum absolute atomic E-state index is 11.9. The number of ether oxygens (including phenoxy) is 1. The van der Waals surface area contributed by atoms with E-state index in [1.54, 1.807) is 25.3 Å². The molecule has 0 aliphatic carbocycles. The van der Waals surface area contributed by atoms with Gasteiger partial charge in [-0.3, -0.25) is 9.89 Å². The molecule has 0 unspecified atom stereocenters. The fourth-order valence-corrected chi connectivity index (χ4v) is 1.90. The van der Waals surface area contributed by atoms with Crippen molar-refractivity contribution in [3.05, 3.63) is 34.6 Å². The van der Waals surface area contributed by atoms with Gasteiger partial charge in [0.25, 0.3) is 5.91 Å². The van der Waals surface area contributed by atoms with Crippen LogP contribution in [-0.4, -0.2) is 23.2 Å². The molecule has 1 amide bonds. The van der Waals surface area contributed by atoms with Crippen LogP contribution in [-0.2, 0) is 0 Å². The lowest BCUT2D eigenvalue weighted by Crippen LogP contribution is -2.14. The number of halogens is 1. The smallest absolute Gasteiger partial charge is 0.275 e. The number of hydrogen-bond donors (Lipinski definition) is 3. The molecule has 94 valence electrons. The maximum Gasteiger partial charge on any atom is 0.275 e. The van der Waals surface area contributed by atoms with E-state index >= 15 is 0 Å². The normalized spacial score (nSPS) is 10.1. The number of nitrogens with one attached hydrogen (secondary N) is 2. The van der Waals surface area contributed by atoms with Crippen molar-refractivity contribution >= 4 is 33.2 Å². The number of hydrogen-bond acceptors (Lipinski definition) is 4. The first kappa shape index (κ1) is 12.4. The summed E-state index contributed by atoms with van der Waals surface area (Å²) in [5, 5.41) is 8.93. The topological polar surface area (TPSA) is 93.0 Å². The molecule has 2 aromatic rings. The summed E-state index contributed by atoms with van der Waals surface area (Å²) < 4.78 is 5.91. The third kappa shape index (κ3) is 2.62. The van der Waals surface area contributed by atoms with Gasteiger partial charge in [0.1, 0.15) is 11.4 Å². The van der Waals surface area contributed by atoms with E-state index in [0.29, 0.717) is 17.1 Å². The Hall–Kier alpha value is -2.02. The molecule has 0 atom stereocenters. The van der Waals surface area contributed by atoms with Crippen LogP contribution in [0.15, 0.2) is 28.9 Å². The first-order valence-electron chi connectivity index (χ1n) is 5.05. The van der Waals surface area contributed by atoms with Crippen molar-refractivity contribution in [1.82, 2.24) is 10.2 Å². The summed E-state index contributed by atoms with van der Waals surface area (Å²) >= 11 is 3.33. The molecule has 0 saturated carbocycles. The minimum absolute atomic E-state index is 0.231. The van der Waals surface area contributed by atoms with E-state index in [2.05, 4.69) is 31.4 Å². The second-order valence-corrected chi connectivity index (χ2v) is 4.45. The number of carbonyl (C=O) groups excluding carboxylic acids is 1. The molecule has 1 aromatic carbocycles. The van der Waals surface area contributed by atoms with E-state index < -0.39 is 0 Å². The third-order valence-corrected chi connectivity index (χ3v) is 2.72. The van der Waals surface area contributed by atoms with Gasteiger partial charge in [0, 0.05) is 16.2 Å². The first-order valence-corrected chi connectivity index (χ1v) is 5.84. The Labute approximate surface area is 112 Å². The molecule has 2 rings (SSSR count). The Kier molecular flexibility index (Phi) is 3.52. The summed E-state index contributed by atoms with van der Waals surface area (Å²) in [4.78, 5) is 11.9. The van der Waals surface area contributed by atoms with Gasteiger partial charge in [-0.15, -0.1) is 0 Å². The summed E-state index contributed by atoms with van der Waals surface area (Å²) in [6.45, 7) is 0. The number of amides is 1. The third-order valence-electron chi connectivity index (χ3n) is 2.26. The molecule has 0 aliphatic rings. The van der Waals surface area contributed by atoms with Crippen LogP contribution in [0.2, 0.25) is 0 Å². The van der Waals surface area contributed by atoms with Gasteiger partial charge in [0.05, 0.1) is 19.0 Å². The van der Waals surface area contributed by atoms with Crippen molar-refractivity contribution in [2.45, 2.75) is 0 Å². The minimum Gasteiger partial charge on any atom is -0.497 e. The van der Waals surface area contributed by atoms with Crippen molar-refractivity contribution in [2.75, 3.05) is 18.2 Å². The Morgan fingerprint density at radius 1 is 1.50 bits per heavy atom. The predicted molar refractivity (Wildman–Crippen MR) is 71.6 cm³/mol. The number of nitrogen functional groups attached to an aromatic ring is 1. The fourth-order valence-electron chi connectivity index (χ4n) is 1.42. The molecule has 1 aromatic heterocycles. The number of aromatic nitrogens is 2. The van der Waals surface area contributed by atoms with Crippen LogP contribution < -0.4 is 15.8 Å². The van der Waals surface area contributed by atoms with E-state index in [0.717, 1.165) is 4.47 Å². The summed E-state index contributed by atoms with van der Waals surface area (Å²) in [5.74, 6) is 0.280. The van der Waals surface area contributed by atoms with E-state index in [1.165, 1.54) is 6.20 Å². The van der Waals surface area contributed by atoms with E-state index in [9.17, 15) is 4.79 Å². The van der Waals surface area contributed by atoms with Gasteiger partial charge in [-0.2, -0.15) is 5.10 Å². The average Bonchev–Trinajstić information content (AvgIpc) is 2.74. The lowest BCUT2D eigenvalue weighted by molar-refractivity contribution is 0.102. The fraction of sp³-hybridized carbons (Fsp3) is 0.0909. The summed E-state index contributed by atoms with van der Waals surface area (Å²) in [6.07, 6.45) is 1.39. The van der Waals surface area contributed by atoms with Crippen molar-refractivity contribution < 1.29 is 9.53 Å². The number of rotatable bonds is 3. The molecule has 0 saturated heterocycles. The molecule has 0 fully saturated rings. The molecule has 1 heterocycles. The number of nitrogens with zero attached hydrogens (tertiary/aromatic N) is 1. The lowest BCUT2D eigenvalue weighted by Gasteiger charge is -2.07. The van der Waals surface area contributed by atoms with Crippen molar-refractivity contribution in [3.8, 4) is 5.75 Å². The van der Waals surface area contributed by atoms with Gasteiger partial charge in [0.2, 0.25) is 0 Å². The number of H-pyrrole nitrogens is 1. The molecular formula is C11H11BrN4O2. The van der Waals surface area contributed by atoms with Gasteiger partial charge in [-0.05, 0) is 12.1 Å². The average molecular weight is 311 g/mol. The zero-order chi connectivity index (χ0) is 13.1. The summed E-state index contributed by atoms with van der Waals surface area (Å²) in [6, 6.07) is 5.25. The van der Waals surface area contributed by atoms with E-state index in [-0.39, 0.29) is 11.6 Å². The van der Waals surface area contributed by atoms with Crippen LogP contribution in [0.5, 0.6) is 5.75 Å². The van der Waals surface area contributed by atoms with Crippen LogP contribution in [0.4, 0.5) is 11.4 Å². The van der Waals surface area contributed by atoms with Crippen molar-refractivity contribution in [1.29, 1.82) is 0 Å². The van der Waals surface area contributed by atoms with E-state index in [4.69, 9.17) is 10.5 Å². The Morgan fingerprint density at radius 2 is 2.28 bits per heavy atom. The van der Waals surface area contributed by atoms with Crippen LogP contribution in [0.3, 0.4) is 0 Å². The number of methoxy groups -OCH3 is 1. The monoisotopic (exact) mass is 310 g/mol. The molecule has 7 heteroatoms. The second-order valence-electron chi connectivity index (χ2n) is 3.53. The van der Waals surface area contributed by atoms with Crippen LogP contribution in [0.1, 0.15) is 10.5 Å². The van der Waals surface area contributed by atoms with Crippen molar-refractivity contribution in [3.63, 3.8) is 0 Å². The summed E-state index contributed by atoms with van der Waals surface area (Å²) in [5.41, 5.74) is 6.72. The lowest BCUT2D eigenvalue weighted by atomic mass is 10.3. The molecule has 6 nitrogen and oxygen atoms in total. The Bertz CT molecular complexity index is 582. The van der Waals surface area contributed by atoms with Gasteiger partial charge in [-0.25, -0.2) is 0 Å². The highest BCUT2D eigenvalue weighted by atomic mass is 79.9. The molecule has 0 spiro atoms. The van der Waals surface area contributed by atoms with Gasteiger partial charge < -0.3 is 15.8 Å². The standard InChI is InChI=1S/C11H11BrN4O2/c1-18-8-3-6(12)2-7(4-8)15-11(17)10-9(13)5-14-16-10/h2-5H,13H2,1H3,(H,14,16)(H,15,17). The van der Waals surface area contributed by atoms with Gasteiger partial charge in [-0.1, -0.05) is 15.9 Å². The molecule has 0 radical (unpaired) electrons. The molecule has 0 bridgehead atoms. The number of aromatic amines is 1. The number of nitrogens with two attached hydrogens (primary N) is 1. The Balaban J connectivity index is 2.22. The molecule has 0 aliphatic heterocycles. The van der Waals surface area contributed by atoms with Crippen LogP contribution >= 0.6 is 15.9 Å². The summed E-state index contributed by atoms with van der Waals surface area (Å²) in [7, 11) is 1.56. The van der Waals surface area contributed by atoms with Crippen LogP contribution in [0.25, 0.3) is 0 Å². The highest BCUT2D eigenvalue weighted by Crippen LogP contribution is 2.25. The highest BCUT2D eigenvalue weighted by molar-refractivity contribution is 9.10. The number of anilines is 2. The molecule has 18 heavy (non-hydrogen) atoms. The highest BCUT2D eigenvalue weighted by Gasteiger charge is 2.12. The largest absolute Gasteiger partial charge is 0.497 e. The second kappa shape index (κ2) is 5.09. The Morgan fingerprint density at radius 3 is 2.89 bits per heavy atom. The zero-order valence-electron chi connectivity index (χ0n) is 9.53. The minimum atomic E-state index is -0.356. The van der Waals surface area contributed by atoms with Gasteiger partial charge in [0.15, 0.2) is 0 Å². The maximum atomic E-state index is 11.9. The molecule has 4 N–H and O–H groups in total. The number of benzene rings is 1. The number of carbonyl (C=O) groups is 1. The zero-order valence-corrected chi connectivity index (χ0v) is 11.1. The first-order chi connectivity index (χ1) is 8.60.